The SMILES string of the molecule is COc1cc2cc3c(-c4ccccc4)nn(-c4ccc([N+](=O)[O-])cc4)c3nc2cc1OC. The number of hydrogen-bond donors (Lipinski definition) is 0. The minimum absolute atomic E-state index is 0.0173. The number of hydrogen-bond acceptors (Lipinski definition) is 6. The van der Waals surface area contributed by atoms with Crippen LogP contribution in [0.1, 0.15) is 0 Å². The van der Waals surface area contributed by atoms with Gasteiger partial charge in [0.15, 0.2) is 17.1 Å². The van der Waals surface area contributed by atoms with Crippen LogP contribution in [0.25, 0.3) is 38.9 Å². The first-order chi connectivity index (χ1) is 15.6. The van der Waals surface area contributed by atoms with E-state index in [1.165, 1.54) is 12.1 Å². The van der Waals surface area contributed by atoms with Crippen LogP contribution >= 0.6 is 0 Å². The van der Waals surface area contributed by atoms with Gasteiger partial charge in [0, 0.05) is 34.5 Å². The summed E-state index contributed by atoms with van der Waals surface area (Å²) in [6.07, 6.45) is 0. The molecular weight excluding hydrogens is 408 g/mol. The van der Waals surface area contributed by atoms with Crippen LogP contribution in [0.3, 0.4) is 0 Å². The summed E-state index contributed by atoms with van der Waals surface area (Å²) in [5.41, 5.74) is 3.76. The molecule has 2 heterocycles. The van der Waals surface area contributed by atoms with Crippen LogP contribution in [-0.2, 0) is 0 Å². The van der Waals surface area contributed by atoms with E-state index in [1.54, 1.807) is 31.0 Å². The van der Waals surface area contributed by atoms with Crippen molar-refractivity contribution in [1.82, 2.24) is 14.8 Å². The molecule has 2 aromatic heterocycles. The summed E-state index contributed by atoms with van der Waals surface area (Å²) in [5.74, 6) is 1.20. The Balaban J connectivity index is 1.81. The van der Waals surface area contributed by atoms with E-state index in [9.17, 15) is 10.1 Å². The number of nitro benzene ring substituents is 1. The Labute approximate surface area is 182 Å². The lowest BCUT2D eigenvalue weighted by molar-refractivity contribution is -0.384. The first kappa shape index (κ1) is 19.5. The predicted octanol–water partition coefficient (Wildman–Crippen LogP) is 5.17. The molecule has 5 aromatic rings. The van der Waals surface area contributed by atoms with Gasteiger partial charge in [0.1, 0.15) is 5.69 Å². The summed E-state index contributed by atoms with van der Waals surface area (Å²) in [4.78, 5) is 15.5. The first-order valence-electron chi connectivity index (χ1n) is 9.85. The van der Waals surface area contributed by atoms with E-state index in [1.807, 2.05) is 48.5 Å². The molecular formula is C24H18N4O4. The fourth-order valence-corrected chi connectivity index (χ4v) is 3.73. The maximum Gasteiger partial charge on any atom is 0.269 e. The largest absolute Gasteiger partial charge is 0.493 e. The number of non-ortho nitro benzene ring substituents is 1. The minimum Gasteiger partial charge on any atom is -0.493 e. The highest BCUT2D eigenvalue weighted by molar-refractivity contribution is 6.00. The minimum atomic E-state index is -0.425. The molecule has 0 saturated carbocycles. The maximum absolute atomic E-state index is 11.1. The highest BCUT2D eigenvalue weighted by atomic mass is 16.6. The molecule has 0 aliphatic heterocycles. The topological polar surface area (TPSA) is 92.3 Å². The number of nitro groups is 1. The number of ether oxygens (including phenoxy) is 2. The number of methoxy groups -OCH3 is 2. The van der Waals surface area contributed by atoms with Crippen LogP contribution in [0.15, 0.2) is 72.8 Å². The third-order valence-corrected chi connectivity index (χ3v) is 5.31. The Kier molecular flexibility index (Phi) is 4.67. The quantitative estimate of drug-likeness (QED) is 0.284. The number of fused-ring (bicyclic) bond motifs is 2. The Morgan fingerprint density at radius 3 is 2.25 bits per heavy atom. The van der Waals surface area contributed by atoms with Crippen molar-refractivity contribution in [3.63, 3.8) is 0 Å². The lowest BCUT2D eigenvalue weighted by Gasteiger charge is -2.09. The lowest BCUT2D eigenvalue weighted by atomic mass is 10.1. The zero-order chi connectivity index (χ0) is 22.2. The second-order valence-corrected chi connectivity index (χ2v) is 7.16. The van der Waals surface area contributed by atoms with Crippen LogP contribution in [0, 0.1) is 10.1 Å². The summed E-state index contributed by atoms with van der Waals surface area (Å²) >= 11 is 0. The first-order valence-corrected chi connectivity index (χ1v) is 9.85. The van der Waals surface area contributed by atoms with Crippen molar-refractivity contribution in [2.45, 2.75) is 0 Å². The highest BCUT2D eigenvalue weighted by Crippen LogP contribution is 2.36. The van der Waals surface area contributed by atoms with Crippen molar-refractivity contribution in [1.29, 1.82) is 0 Å². The van der Waals surface area contributed by atoms with Gasteiger partial charge in [-0.1, -0.05) is 30.3 Å². The normalized spacial score (nSPS) is 11.1. The van der Waals surface area contributed by atoms with Crippen molar-refractivity contribution < 1.29 is 14.4 Å². The second-order valence-electron chi connectivity index (χ2n) is 7.16. The van der Waals surface area contributed by atoms with E-state index >= 15 is 0 Å². The fraction of sp³-hybridized carbons (Fsp3) is 0.0833. The van der Waals surface area contributed by atoms with Crippen LogP contribution in [-0.4, -0.2) is 33.9 Å². The Morgan fingerprint density at radius 1 is 0.906 bits per heavy atom. The molecule has 8 nitrogen and oxygen atoms in total. The molecule has 0 bridgehead atoms. The van der Waals surface area contributed by atoms with E-state index in [2.05, 4.69) is 0 Å². The number of benzene rings is 3. The van der Waals surface area contributed by atoms with Gasteiger partial charge in [0.2, 0.25) is 0 Å². The number of nitrogens with zero attached hydrogens (tertiary/aromatic N) is 4. The molecule has 32 heavy (non-hydrogen) atoms. The van der Waals surface area contributed by atoms with Crippen molar-refractivity contribution in [3.05, 3.63) is 82.9 Å². The zero-order valence-corrected chi connectivity index (χ0v) is 17.4. The summed E-state index contributed by atoms with van der Waals surface area (Å²) in [5, 5.41) is 17.6. The van der Waals surface area contributed by atoms with Crippen molar-refractivity contribution >= 4 is 27.6 Å². The summed E-state index contributed by atoms with van der Waals surface area (Å²) in [6, 6.07) is 21.8. The predicted molar refractivity (Wildman–Crippen MR) is 122 cm³/mol. The van der Waals surface area contributed by atoms with Gasteiger partial charge in [-0.3, -0.25) is 10.1 Å². The molecule has 0 N–H and O–H groups in total. The van der Waals surface area contributed by atoms with Crippen molar-refractivity contribution in [3.8, 4) is 28.4 Å². The molecule has 0 amide bonds. The van der Waals surface area contributed by atoms with Gasteiger partial charge in [-0.2, -0.15) is 5.10 Å². The summed E-state index contributed by atoms with van der Waals surface area (Å²) < 4.78 is 12.6. The van der Waals surface area contributed by atoms with Gasteiger partial charge < -0.3 is 9.47 Å². The molecule has 0 spiro atoms. The molecule has 8 heteroatoms. The molecule has 3 aromatic carbocycles. The standard InChI is InChI=1S/C24H18N4O4/c1-31-21-13-16-12-19-23(15-6-4-3-5-7-15)26-27(17-8-10-18(11-9-17)28(29)30)24(19)25-20(16)14-22(21)32-2/h3-14H,1-2H3. The Hall–Kier alpha value is -4.46. The molecule has 5 rings (SSSR count). The van der Waals surface area contributed by atoms with E-state index < -0.39 is 4.92 Å². The molecule has 0 aliphatic rings. The van der Waals surface area contributed by atoms with E-state index in [4.69, 9.17) is 19.6 Å². The number of aromatic nitrogens is 3. The van der Waals surface area contributed by atoms with Gasteiger partial charge in [0.05, 0.1) is 30.3 Å². The molecule has 0 radical (unpaired) electrons. The van der Waals surface area contributed by atoms with Gasteiger partial charge >= 0.3 is 0 Å². The van der Waals surface area contributed by atoms with Gasteiger partial charge in [-0.25, -0.2) is 9.67 Å². The third-order valence-electron chi connectivity index (χ3n) is 5.31. The van der Waals surface area contributed by atoms with Crippen LogP contribution in [0.2, 0.25) is 0 Å². The van der Waals surface area contributed by atoms with Crippen LogP contribution < -0.4 is 9.47 Å². The number of rotatable bonds is 5. The molecule has 0 fully saturated rings. The summed E-state index contributed by atoms with van der Waals surface area (Å²) in [7, 11) is 3.18. The van der Waals surface area contributed by atoms with Gasteiger partial charge in [-0.15, -0.1) is 0 Å². The van der Waals surface area contributed by atoms with Crippen LogP contribution in [0.5, 0.6) is 11.5 Å². The molecule has 0 atom stereocenters. The highest BCUT2D eigenvalue weighted by Gasteiger charge is 2.18. The molecule has 0 unspecified atom stereocenters. The average molecular weight is 426 g/mol. The van der Waals surface area contributed by atoms with Crippen molar-refractivity contribution in [2.75, 3.05) is 14.2 Å². The monoisotopic (exact) mass is 426 g/mol. The van der Waals surface area contributed by atoms with E-state index in [0.717, 1.165) is 27.5 Å². The van der Waals surface area contributed by atoms with E-state index in [-0.39, 0.29) is 5.69 Å². The van der Waals surface area contributed by atoms with Gasteiger partial charge in [0.25, 0.3) is 5.69 Å². The lowest BCUT2D eigenvalue weighted by Crippen LogP contribution is -1.99. The van der Waals surface area contributed by atoms with Gasteiger partial charge in [-0.05, 0) is 24.3 Å². The second kappa shape index (κ2) is 7.66. The molecule has 0 aliphatic carbocycles. The maximum atomic E-state index is 11.1. The molecule has 158 valence electrons. The summed E-state index contributed by atoms with van der Waals surface area (Å²) in [6.45, 7) is 0. The Bertz CT molecular complexity index is 1460. The molecule has 0 saturated heterocycles. The average Bonchev–Trinajstić information content (AvgIpc) is 3.20. The van der Waals surface area contributed by atoms with Crippen LogP contribution in [0.4, 0.5) is 5.69 Å². The Morgan fingerprint density at radius 2 is 1.59 bits per heavy atom. The zero-order valence-electron chi connectivity index (χ0n) is 17.4. The van der Waals surface area contributed by atoms with Crippen molar-refractivity contribution in [2.24, 2.45) is 0 Å². The smallest absolute Gasteiger partial charge is 0.269 e. The third kappa shape index (κ3) is 3.18. The fourth-order valence-electron chi connectivity index (χ4n) is 3.73. The number of pyridine rings is 1. The van der Waals surface area contributed by atoms with E-state index in [0.29, 0.717) is 22.8 Å².